The number of carbonyl (C=O) groups is 1. The molecule has 3 aromatic carbocycles. The van der Waals surface area contributed by atoms with Crippen LogP contribution in [0.2, 0.25) is 0 Å². The van der Waals surface area contributed by atoms with E-state index >= 15 is 0 Å². The van der Waals surface area contributed by atoms with E-state index < -0.39 is 11.7 Å². The normalized spacial score (nSPS) is 10.9. The zero-order valence-electron chi connectivity index (χ0n) is 20.4. The molecule has 0 saturated heterocycles. The Hall–Kier alpha value is -4.72. The van der Waals surface area contributed by atoms with E-state index in [-0.39, 0.29) is 18.0 Å². The Labute approximate surface area is 213 Å². The molecule has 0 radical (unpaired) electrons. The predicted molar refractivity (Wildman–Crippen MR) is 138 cm³/mol. The quantitative estimate of drug-likeness (QED) is 0.286. The highest BCUT2D eigenvalue weighted by Gasteiger charge is 2.18. The van der Waals surface area contributed by atoms with E-state index in [0.717, 1.165) is 16.8 Å². The van der Waals surface area contributed by atoms with Crippen LogP contribution in [0, 0.1) is 12.7 Å². The van der Waals surface area contributed by atoms with Gasteiger partial charge in [0.1, 0.15) is 0 Å². The van der Waals surface area contributed by atoms with E-state index in [1.165, 1.54) is 6.07 Å². The number of hydrogen-bond donors (Lipinski definition) is 1. The van der Waals surface area contributed by atoms with E-state index in [1.807, 2.05) is 67.7 Å². The molecule has 0 unspecified atom stereocenters. The van der Waals surface area contributed by atoms with Crippen LogP contribution < -0.4 is 10.1 Å². The molecule has 0 aliphatic heterocycles. The van der Waals surface area contributed by atoms with Gasteiger partial charge < -0.3 is 14.6 Å². The first-order valence-electron chi connectivity index (χ1n) is 11.9. The molecule has 1 N–H and O–H groups in total. The number of nitrogens with zero attached hydrogens (tertiary/aromatic N) is 3. The van der Waals surface area contributed by atoms with Crippen molar-refractivity contribution in [2.75, 3.05) is 6.61 Å². The van der Waals surface area contributed by atoms with Crippen LogP contribution in [0.3, 0.4) is 0 Å². The molecule has 2 heterocycles. The van der Waals surface area contributed by atoms with Crippen LogP contribution in [0.1, 0.15) is 28.5 Å². The van der Waals surface area contributed by atoms with Gasteiger partial charge in [-0.15, -0.1) is 0 Å². The summed E-state index contributed by atoms with van der Waals surface area (Å²) in [5.41, 5.74) is 4.80. The maximum Gasteiger partial charge on any atom is 0.273 e. The summed E-state index contributed by atoms with van der Waals surface area (Å²) in [6.07, 6.45) is 1.82. The maximum atomic E-state index is 14.6. The molecule has 1 amide bonds. The number of halogens is 1. The number of para-hydroxylation sites is 1. The third-order valence-electron chi connectivity index (χ3n) is 5.83. The maximum absolute atomic E-state index is 14.6. The van der Waals surface area contributed by atoms with Crippen molar-refractivity contribution in [3.8, 4) is 34.0 Å². The van der Waals surface area contributed by atoms with Crippen LogP contribution in [-0.4, -0.2) is 27.5 Å². The Bertz CT molecular complexity index is 1520. The van der Waals surface area contributed by atoms with E-state index in [1.54, 1.807) is 29.8 Å². The van der Waals surface area contributed by atoms with Gasteiger partial charge >= 0.3 is 0 Å². The van der Waals surface area contributed by atoms with Crippen LogP contribution in [-0.2, 0) is 6.54 Å². The van der Waals surface area contributed by atoms with Gasteiger partial charge in [-0.25, -0.2) is 9.07 Å². The summed E-state index contributed by atoms with van der Waals surface area (Å²) in [5, 5.41) is 11.5. The molecule has 0 saturated carbocycles. The molecule has 5 aromatic rings. The zero-order valence-corrected chi connectivity index (χ0v) is 20.4. The van der Waals surface area contributed by atoms with E-state index in [2.05, 4.69) is 10.5 Å². The van der Waals surface area contributed by atoms with Crippen molar-refractivity contribution in [3.05, 3.63) is 108 Å². The lowest BCUT2D eigenvalue weighted by molar-refractivity contribution is 0.0942. The molecule has 0 atom stereocenters. The molecular formula is C29H25FN4O3. The number of aryl methyl sites for hydroxylation is 1. The molecule has 7 nitrogen and oxygen atoms in total. The minimum Gasteiger partial charge on any atom is -0.491 e. The number of benzene rings is 3. The lowest BCUT2D eigenvalue weighted by Crippen LogP contribution is -2.23. The average molecular weight is 497 g/mol. The van der Waals surface area contributed by atoms with Crippen molar-refractivity contribution in [2.45, 2.75) is 20.4 Å². The van der Waals surface area contributed by atoms with Crippen molar-refractivity contribution >= 4 is 5.91 Å². The SMILES string of the molecule is CCOc1ccc(-c2nn(-c3ccccc3)cc2CNC(=O)c2cc(-c3ccc(C)cc3)on2)cc1F. The molecule has 8 heteroatoms. The molecular weight excluding hydrogens is 471 g/mol. The Balaban J connectivity index is 1.40. The van der Waals surface area contributed by atoms with Crippen LogP contribution in [0.4, 0.5) is 4.39 Å². The second-order valence-corrected chi connectivity index (χ2v) is 8.49. The van der Waals surface area contributed by atoms with E-state index in [9.17, 15) is 9.18 Å². The van der Waals surface area contributed by atoms with Gasteiger partial charge in [0.25, 0.3) is 5.91 Å². The average Bonchev–Trinajstić information content (AvgIpc) is 3.58. The lowest BCUT2D eigenvalue weighted by Gasteiger charge is -2.07. The second kappa shape index (κ2) is 10.5. The van der Waals surface area contributed by atoms with Crippen molar-refractivity contribution < 1.29 is 18.4 Å². The summed E-state index contributed by atoms with van der Waals surface area (Å²) in [5.74, 6) is -0.181. The van der Waals surface area contributed by atoms with Crippen LogP contribution in [0.5, 0.6) is 5.75 Å². The van der Waals surface area contributed by atoms with Gasteiger partial charge in [-0.2, -0.15) is 5.10 Å². The first kappa shape index (κ1) is 24.0. The summed E-state index contributed by atoms with van der Waals surface area (Å²) in [7, 11) is 0. The van der Waals surface area contributed by atoms with E-state index in [0.29, 0.717) is 29.2 Å². The Morgan fingerprint density at radius 3 is 2.51 bits per heavy atom. The van der Waals surface area contributed by atoms with Crippen molar-refractivity contribution in [1.82, 2.24) is 20.3 Å². The van der Waals surface area contributed by atoms with Gasteiger partial charge in [0.2, 0.25) is 0 Å². The number of amides is 1. The summed E-state index contributed by atoms with van der Waals surface area (Å²) in [6, 6.07) is 23.7. The minimum atomic E-state index is -0.477. The molecule has 37 heavy (non-hydrogen) atoms. The third-order valence-corrected chi connectivity index (χ3v) is 5.83. The number of nitrogens with one attached hydrogen (secondary N) is 1. The number of rotatable bonds is 8. The van der Waals surface area contributed by atoms with Crippen LogP contribution in [0.15, 0.2) is 89.6 Å². The summed E-state index contributed by atoms with van der Waals surface area (Å²) in [4.78, 5) is 12.9. The predicted octanol–water partition coefficient (Wildman–Crippen LogP) is 5.97. The van der Waals surface area contributed by atoms with Crippen molar-refractivity contribution in [2.24, 2.45) is 0 Å². The third kappa shape index (κ3) is 5.28. The Morgan fingerprint density at radius 2 is 1.78 bits per heavy atom. The molecule has 186 valence electrons. The van der Waals surface area contributed by atoms with Gasteiger partial charge in [0, 0.05) is 35.5 Å². The van der Waals surface area contributed by atoms with Gasteiger partial charge in [0.15, 0.2) is 23.0 Å². The van der Waals surface area contributed by atoms with E-state index in [4.69, 9.17) is 14.4 Å². The molecule has 5 rings (SSSR count). The standard InChI is InChI=1S/C29H25FN4O3/c1-3-36-26-14-13-21(15-24(26)30)28-22(18-34(32-28)23-7-5-4-6-8-23)17-31-29(35)25-16-27(37-33-25)20-11-9-19(2)10-12-20/h4-16,18H,3,17H2,1-2H3,(H,31,35). The fraction of sp³-hybridized carbons (Fsp3) is 0.138. The molecule has 2 aromatic heterocycles. The zero-order chi connectivity index (χ0) is 25.8. The molecule has 0 bridgehead atoms. The Kier molecular flexibility index (Phi) is 6.81. The fourth-order valence-corrected chi connectivity index (χ4v) is 3.92. The second-order valence-electron chi connectivity index (χ2n) is 8.49. The summed E-state index contributed by atoms with van der Waals surface area (Å²) in [6.45, 7) is 4.32. The van der Waals surface area contributed by atoms with Gasteiger partial charge in [-0.05, 0) is 44.2 Å². The van der Waals surface area contributed by atoms with Gasteiger partial charge in [0.05, 0.1) is 18.0 Å². The van der Waals surface area contributed by atoms with Crippen LogP contribution >= 0.6 is 0 Å². The highest BCUT2D eigenvalue weighted by molar-refractivity contribution is 5.93. The minimum absolute atomic E-state index is 0.155. The Morgan fingerprint density at radius 1 is 1.03 bits per heavy atom. The first-order chi connectivity index (χ1) is 18.0. The number of ether oxygens (including phenoxy) is 1. The summed E-state index contributed by atoms with van der Waals surface area (Å²) < 4.78 is 27.0. The number of hydrogen-bond acceptors (Lipinski definition) is 5. The molecule has 0 aliphatic rings. The topological polar surface area (TPSA) is 82.2 Å². The van der Waals surface area contributed by atoms with Crippen molar-refractivity contribution in [3.63, 3.8) is 0 Å². The molecule has 0 aliphatic carbocycles. The fourth-order valence-electron chi connectivity index (χ4n) is 3.92. The highest BCUT2D eigenvalue weighted by atomic mass is 19.1. The largest absolute Gasteiger partial charge is 0.491 e. The monoisotopic (exact) mass is 496 g/mol. The highest BCUT2D eigenvalue weighted by Crippen LogP contribution is 2.28. The van der Waals surface area contributed by atoms with Crippen molar-refractivity contribution in [1.29, 1.82) is 0 Å². The molecule has 0 fully saturated rings. The van der Waals surface area contributed by atoms with Crippen LogP contribution in [0.25, 0.3) is 28.3 Å². The van der Waals surface area contributed by atoms with Gasteiger partial charge in [-0.1, -0.05) is 53.2 Å². The first-order valence-corrected chi connectivity index (χ1v) is 11.9. The smallest absolute Gasteiger partial charge is 0.273 e. The lowest BCUT2D eigenvalue weighted by atomic mass is 10.1. The molecule has 0 spiro atoms. The van der Waals surface area contributed by atoms with Gasteiger partial charge in [-0.3, -0.25) is 4.79 Å². The summed E-state index contributed by atoms with van der Waals surface area (Å²) >= 11 is 0. The number of carbonyl (C=O) groups excluding carboxylic acids is 1. The number of aromatic nitrogens is 3.